The lowest BCUT2D eigenvalue weighted by Gasteiger charge is -2.31. The molecule has 1 aliphatic heterocycles. The third-order valence-electron chi connectivity index (χ3n) is 3.27. The average molecular weight is 322 g/mol. The van der Waals surface area contributed by atoms with Gasteiger partial charge in [-0.2, -0.15) is 4.31 Å². The molecule has 1 atom stereocenters. The van der Waals surface area contributed by atoms with Gasteiger partial charge in [0.05, 0.1) is 16.0 Å². The number of ether oxygens (including phenoxy) is 1. The second kappa shape index (κ2) is 6.39. The standard InChI is InChI=1S/C13H17ClFNO3S/c1-2-19-10-4-3-7-16(9-10)20(17,18)11-5-6-13(15)12(14)8-11/h5-6,8,10H,2-4,7,9H2,1H3. The van der Waals surface area contributed by atoms with E-state index in [4.69, 9.17) is 16.3 Å². The van der Waals surface area contributed by atoms with Crippen LogP contribution in [0.15, 0.2) is 23.1 Å². The zero-order valence-electron chi connectivity index (χ0n) is 11.2. The Balaban J connectivity index is 2.23. The zero-order valence-corrected chi connectivity index (χ0v) is 12.8. The molecule has 0 aliphatic carbocycles. The van der Waals surface area contributed by atoms with Crippen molar-refractivity contribution in [3.05, 3.63) is 29.0 Å². The molecule has 0 spiro atoms. The van der Waals surface area contributed by atoms with Crippen LogP contribution in [0, 0.1) is 5.82 Å². The van der Waals surface area contributed by atoms with E-state index in [0.717, 1.165) is 25.0 Å². The second-order valence-corrected chi connectivity index (χ2v) is 7.00. The summed E-state index contributed by atoms with van der Waals surface area (Å²) < 4.78 is 45.0. The Kier molecular flexibility index (Phi) is 5.01. The maximum absolute atomic E-state index is 13.1. The van der Waals surface area contributed by atoms with Gasteiger partial charge in [-0.1, -0.05) is 11.6 Å². The van der Waals surface area contributed by atoms with Gasteiger partial charge in [-0.05, 0) is 38.0 Å². The Morgan fingerprint density at radius 1 is 1.50 bits per heavy atom. The number of sulfonamides is 1. The molecular weight excluding hydrogens is 305 g/mol. The van der Waals surface area contributed by atoms with Crippen molar-refractivity contribution in [2.45, 2.75) is 30.8 Å². The van der Waals surface area contributed by atoms with Gasteiger partial charge in [-0.3, -0.25) is 0 Å². The minimum absolute atomic E-state index is 0.0149. The number of halogens is 2. The average Bonchev–Trinajstić information content (AvgIpc) is 2.42. The Morgan fingerprint density at radius 2 is 2.25 bits per heavy atom. The highest BCUT2D eigenvalue weighted by Crippen LogP contribution is 2.25. The number of piperidine rings is 1. The van der Waals surface area contributed by atoms with E-state index >= 15 is 0 Å². The van der Waals surface area contributed by atoms with Gasteiger partial charge in [0, 0.05) is 19.7 Å². The molecule has 1 heterocycles. The van der Waals surface area contributed by atoms with Crippen molar-refractivity contribution in [1.29, 1.82) is 0 Å². The molecule has 1 unspecified atom stereocenters. The van der Waals surface area contributed by atoms with Gasteiger partial charge in [-0.15, -0.1) is 0 Å². The topological polar surface area (TPSA) is 46.6 Å². The smallest absolute Gasteiger partial charge is 0.243 e. The Morgan fingerprint density at radius 3 is 2.90 bits per heavy atom. The lowest BCUT2D eigenvalue weighted by Crippen LogP contribution is -2.43. The maximum Gasteiger partial charge on any atom is 0.243 e. The van der Waals surface area contributed by atoms with Gasteiger partial charge >= 0.3 is 0 Å². The minimum atomic E-state index is -3.65. The summed E-state index contributed by atoms with van der Waals surface area (Å²) in [6.45, 7) is 3.21. The van der Waals surface area contributed by atoms with Crippen LogP contribution in [0.5, 0.6) is 0 Å². The van der Waals surface area contributed by atoms with Crippen LogP contribution in [0.25, 0.3) is 0 Å². The third kappa shape index (κ3) is 3.31. The highest BCUT2D eigenvalue weighted by Gasteiger charge is 2.30. The largest absolute Gasteiger partial charge is 0.377 e. The van der Waals surface area contributed by atoms with E-state index in [9.17, 15) is 12.8 Å². The van der Waals surface area contributed by atoms with E-state index < -0.39 is 15.8 Å². The van der Waals surface area contributed by atoms with E-state index in [-0.39, 0.29) is 16.0 Å². The molecule has 0 radical (unpaired) electrons. The van der Waals surface area contributed by atoms with Gasteiger partial charge in [-0.25, -0.2) is 12.8 Å². The van der Waals surface area contributed by atoms with Crippen LogP contribution in [-0.2, 0) is 14.8 Å². The molecule has 1 saturated heterocycles. The van der Waals surface area contributed by atoms with Crippen LogP contribution in [0.1, 0.15) is 19.8 Å². The molecule has 0 aromatic heterocycles. The van der Waals surface area contributed by atoms with Gasteiger partial charge in [0.1, 0.15) is 5.82 Å². The van der Waals surface area contributed by atoms with Crippen molar-refractivity contribution in [3.63, 3.8) is 0 Å². The summed E-state index contributed by atoms with van der Waals surface area (Å²) in [5, 5.41) is -0.190. The molecule has 7 heteroatoms. The fraction of sp³-hybridized carbons (Fsp3) is 0.538. The molecule has 2 rings (SSSR count). The molecule has 4 nitrogen and oxygen atoms in total. The fourth-order valence-electron chi connectivity index (χ4n) is 2.28. The summed E-state index contributed by atoms with van der Waals surface area (Å²) in [7, 11) is -3.65. The minimum Gasteiger partial charge on any atom is -0.377 e. The summed E-state index contributed by atoms with van der Waals surface area (Å²) in [4.78, 5) is 0.0149. The fourth-order valence-corrected chi connectivity index (χ4v) is 4.06. The zero-order chi connectivity index (χ0) is 14.8. The van der Waals surface area contributed by atoms with Gasteiger partial charge in [0.2, 0.25) is 10.0 Å². The van der Waals surface area contributed by atoms with Crippen molar-refractivity contribution in [2.24, 2.45) is 0 Å². The van der Waals surface area contributed by atoms with Crippen LogP contribution in [0.2, 0.25) is 5.02 Å². The van der Waals surface area contributed by atoms with Crippen molar-refractivity contribution < 1.29 is 17.5 Å². The lowest BCUT2D eigenvalue weighted by molar-refractivity contribution is 0.0265. The Hall–Kier alpha value is -0.690. The van der Waals surface area contributed by atoms with Crippen LogP contribution in [-0.4, -0.2) is 38.5 Å². The number of hydrogen-bond donors (Lipinski definition) is 0. The molecule has 1 aromatic carbocycles. The van der Waals surface area contributed by atoms with E-state index in [1.807, 2.05) is 6.92 Å². The predicted molar refractivity (Wildman–Crippen MR) is 74.8 cm³/mol. The molecule has 0 amide bonds. The van der Waals surface area contributed by atoms with E-state index in [1.165, 1.54) is 10.4 Å². The first-order chi connectivity index (χ1) is 9.45. The maximum atomic E-state index is 13.1. The van der Waals surface area contributed by atoms with E-state index in [0.29, 0.717) is 19.7 Å². The van der Waals surface area contributed by atoms with Crippen molar-refractivity contribution in [3.8, 4) is 0 Å². The van der Waals surface area contributed by atoms with Gasteiger partial charge in [0.25, 0.3) is 0 Å². The summed E-state index contributed by atoms with van der Waals surface area (Å²) >= 11 is 5.65. The third-order valence-corrected chi connectivity index (χ3v) is 5.42. The van der Waals surface area contributed by atoms with Crippen molar-refractivity contribution in [2.75, 3.05) is 19.7 Å². The number of nitrogens with zero attached hydrogens (tertiary/aromatic N) is 1. The van der Waals surface area contributed by atoms with Crippen molar-refractivity contribution in [1.82, 2.24) is 4.31 Å². The number of rotatable bonds is 4. The molecule has 0 bridgehead atoms. The van der Waals surface area contributed by atoms with Crippen LogP contribution >= 0.6 is 11.6 Å². The summed E-state index contributed by atoms with van der Waals surface area (Å²) in [5.74, 6) is -0.628. The summed E-state index contributed by atoms with van der Waals surface area (Å²) in [6.07, 6.45) is 1.52. The van der Waals surface area contributed by atoms with Crippen LogP contribution in [0.3, 0.4) is 0 Å². The van der Waals surface area contributed by atoms with Crippen molar-refractivity contribution >= 4 is 21.6 Å². The monoisotopic (exact) mass is 321 g/mol. The molecule has 1 aliphatic rings. The normalized spacial score (nSPS) is 21.1. The predicted octanol–water partition coefficient (Wildman–Crippen LogP) is 2.67. The van der Waals surface area contributed by atoms with Gasteiger partial charge in [0.15, 0.2) is 0 Å². The van der Waals surface area contributed by atoms with Crippen LogP contribution in [0.4, 0.5) is 4.39 Å². The first-order valence-electron chi connectivity index (χ1n) is 6.52. The lowest BCUT2D eigenvalue weighted by atomic mass is 10.1. The highest BCUT2D eigenvalue weighted by atomic mass is 35.5. The Bertz CT molecular complexity index is 577. The van der Waals surface area contributed by atoms with Crippen LogP contribution < -0.4 is 0 Å². The second-order valence-electron chi connectivity index (χ2n) is 4.66. The first kappa shape index (κ1) is 15.7. The molecule has 1 aromatic rings. The number of hydrogen-bond acceptors (Lipinski definition) is 3. The Labute approximate surface area is 123 Å². The summed E-state index contributed by atoms with van der Waals surface area (Å²) in [6, 6.07) is 3.45. The first-order valence-corrected chi connectivity index (χ1v) is 8.33. The van der Waals surface area contributed by atoms with E-state index in [1.54, 1.807) is 0 Å². The molecule has 0 saturated carbocycles. The molecule has 112 valence electrons. The number of benzene rings is 1. The SMILES string of the molecule is CCOC1CCCN(S(=O)(=O)c2ccc(F)c(Cl)c2)C1. The molecule has 1 fully saturated rings. The molecule has 20 heavy (non-hydrogen) atoms. The van der Waals surface area contributed by atoms with E-state index in [2.05, 4.69) is 0 Å². The molecular formula is C13H17ClFNO3S. The quantitative estimate of drug-likeness (QED) is 0.856. The summed E-state index contributed by atoms with van der Waals surface area (Å²) in [5.41, 5.74) is 0. The highest BCUT2D eigenvalue weighted by molar-refractivity contribution is 7.89. The van der Waals surface area contributed by atoms with Gasteiger partial charge < -0.3 is 4.74 Å². The molecule has 0 N–H and O–H groups in total.